The summed E-state index contributed by atoms with van der Waals surface area (Å²) >= 11 is 5.91. The second kappa shape index (κ2) is 9.47. The fourth-order valence-electron chi connectivity index (χ4n) is 2.03. The number of nitrogens with one attached hydrogen (secondary N) is 3. The number of hydrogen-bond donors (Lipinski definition) is 3. The molecule has 4 amide bonds. The van der Waals surface area contributed by atoms with Gasteiger partial charge in [-0.15, -0.1) is 0 Å². The molecule has 2 aromatic carbocycles. The van der Waals surface area contributed by atoms with E-state index in [9.17, 15) is 23.6 Å². The van der Waals surface area contributed by atoms with E-state index in [1.807, 2.05) is 5.32 Å². The van der Waals surface area contributed by atoms with Crippen LogP contribution < -0.4 is 16.0 Å². The standard InChI is InChI=1S/C18H15ClFN3O5/c1-21-18(27)23-15(24)9-28-17(26)13-7-4-11(19)8-14(13)22-16(25)10-2-5-12(20)6-3-10/h2-8H,9H2,1H3,(H,22,25)(H2,21,23,24,27). The molecule has 0 aromatic heterocycles. The highest BCUT2D eigenvalue weighted by atomic mass is 35.5. The van der Waals surface area contributed by atoms with Gasteiger partial charge in [0.1, 0.15) is 5.82 Å². The average Bonchev–Trinajstić information content (AvgIpc) is 2.66. The molecule has 0 aliphatic heterocycles. The third kappa shape index (κ3) is 5.78. The molecule has 0 atom stereocenters. The molecule has 0 unspecified atom stereocenters. The van der Waals surface area contributed by atoms with Crippen LogP contribution in [0.1, 0.15) is 20.7 Å². The monoisotopic (exact) mass is 407 g/mol. The largest absolute Gasteiger partial charge is 0.452 e. The van der Waals surface area contributed by atoms with Crippen molar-refractivity contribution in [3.05, 3.63) is 64.4 Å². The van der Waals surface area contributed by atoms with Crippen molar-refractivity contribution >= 4 is 41.1 Å². The van der Waals surface area contributed by atoms with Crippen LogP contribution >= 0.6 is 11.6 Å². The lowest BCUT2D eigenvalue weighted by Crippen LogP contribution is -2.39. The first kappa shape index (κ1) is 20.8. The SMILES string of the molecule is CNC(=O)NC(=O)COC(=O)c1ccc(Cl)cc1NC(=O)c1ccc(F)cc1. The summed E-state index contributed by atoms with van der Waals surface area (Å²) in [5.74, 6) is -2.86. The van der Waals surface area contributed by atoms with Crippen LogP contribution in [0.15, 0.2) is 42.5 Å². The van der Waals surface area contributed by atoms with Crippen LogP contribution in [0, 0.1) is 5.82 Å². The molecule has 10 heteroatoms. The average molecular weight is 408 g/mol. The van der Waals surface area contributed by atoms with Crippen LogP contribution in [0.5, 0.6) is 0 Å². The van der Waals surface area contributed by atoms with Crippen molar-refractivity contribution in [2.75, 3.05) is 19.0 Å². The van der Waals surface area contributed by atoms with Gasteiger partial charge in [-0.2, -0.15) is 0 Å². The fourth-order valence-corrected chi connectivity index (χ4v) is 2.20. The van der Waals surface area contributed by atoms with Gasteiger partial charge in [-0.3, -0.25) is 14.9 Å². The second-order valence-electron chi connectivity index (χ2n) is 5.35. The van der Waals surface area contributed by atoms with Crippen molar-refractivity contribution in [3.63, 3.8) is 0 Å². The Morgan fingerprint density at radius 1 is 1.07 bits per heavy atom. The van der Waals surface area contributed by atoms with E-state index in [0.29, 0.717) is 0 Å². The molecule has 2 rings (SSSR count). The molecular formula is C18H15ClFN3O5. The van der Waals surface area contributed by atoms with E-state index in [-0.39, 0.29) is 21.8 Å². The molecule has 0 saturated heterocycles. The maximum absolute atomic E-state index is 13.0. The predicted octanol–water partition coefficient (Wildman–Crippen LogP) is 2.34. The molecule has 28 heavy (non-hydrogen) atoms. The van der Waals surface area contributed by atoms with Gasteiger partial charge in [-0.1, -0.05) is 11.6 Å². The summed E-state index contributed by atoms with van der Waals surface area (Å²) in [6.07, 6.45) is 0. The lowest BCUT2D eigenvalue weighted by atomic mass is 10.1. The molecule has 0 fully saturated rings. The van der Waals surface area contributed by atoms with E-state index in [0.717, 1.165) is 12.1 Å². The maximum atomic E-state index is 13.0. The Labute approximate surface area is 164 Å². The minimum atomic E-state index is -0.918. The predicted molar refractivity (Wildman–Crippen MR) is 98.7 cm³/mol. The smallest absolute Gasteiger partial charge is 0.340 e. The second-order valence-corrected chi connectivity index (χ2v) is 5.79. The number of urea groups is 1. The van der Waals surface area contributed by atoms with Gasteiger partial charge >= 0.3 is 12.0 Å². The molecule has 0 bridgehead atoms. The van der Waals surface area contributed by atoms with E-state index in [2.05, 4.69) is 10.6 Å². The number of carbonyl (C=O) groups is 4. The number of amides is 4. The van der Waals surface area contributed by atoms with E-state index < -0.39 is 36.2 Å². The number of benzene rings is 2. The van der Waals surface area contributed by atoms with E-state index in [1.165, 1.54) is 37.4 Å². The molecule has 0 spiro atoms. The van der Waals surface area contributed by atoms with Crippen molar-refractivity contribution in [1.82, 2.24) is 10.6 Å². The van der Waals surface area contributed by atoms with Gasteiger partial charge in [0, 0.05) is 17.6 Å². The lowest BCUT2D eigenvalue weighted by molar-refractivity contribution is -0.123. The van der Waals surface area contributed by atoms with Gasteiger partial charge in [-0.25, -0.2) is 14.0 Å². The summed E-state index contributed by atoms with van der Waals surface area (Å²) in [6.45, 7) is -0.708. The number of esters is 1. The van der Waals surface area contributed by atoms with E-state index in [1.54, 1.807) is 0 Å². The highest BCUT2D eigenvalue weighted by Gasteiger charge is 2.18. The van der Waals surface area contributed by atoms with E-state index >= 15 is 0 Å². The summed E-state index contributed by atoms with van der Waals surface area (Å²) in [6, 6.07) is 8.06. The number of halogens is 2. The van der Waals surface area contributed by atoms with Gasteiger partial charge < -0.3 is 15.4 Å². The lowest BCUT2D eigenvalue weighted by Gasteiger charge is -2.11. The first-order valence-electron chi connectivity index (χ1n) is 7.85. The summed E-state index contributed by atoms with van der Waals surface area (Å²) in [7, 11) is 1.32. The minimum absolute atomic E-state index is 0.0403. The molecule has 146 valence electrons. The summed E-state index contributed by atoms with van der Waals surface area (Å²) in [4.78, 5) is 47.1. The minimum Gasteiger partial charge on any atom is -0.452 e. The van der Waals surface area contributed by atoms with Gasteiger partial charge in [0.2, 0.25) is 0 Å². The number of rotatable bonds is 5. The normalized spacial score (nSPS) is 9.96. The Bertz CT molecular complexity index is 918. The molecule has 0 aliphatic rings. The number of hydrogen-bond acceptors (Lipinski definition) is 5. The molecule has 2 aromatic rings. The van der Waals surface area contributed by atoms with Gasteiger partial charge in [0.15, 0.2) is 6.61 Å². The van der Waals surface area contributed by atoms with Crippen LogP contribution in [-0.2, 0) is 9.53 Å². The first-order valence-corrected chi connectivity index (χ1v) is 8.23. The Balaban J connectivity index is 2.11. The zero-order valence-corrected chi connectivity index (χ0v) is 15.3. The number of ether oxygens (including phenoxy) is 1. The Kier molecular flexibility index (Phi) is 7.05. The first-order chi connectivity index (χ1) is 13.3. The third-order valence-electron chi connectivity index (χ3n) is 3.37. The van der Waals surface area contributed by atoms with Gasteiger partial charge in [-0.05, 0) is 42.5 Å². The summed E-state index contributed by atoms with van der Waals surface area (Å²) in [5, 5.41) is 6.83. The van der Waals surface area contributed by atoms with Crippen molar-refractivity contribution < 1.29 is 28.3 Å². The molecule has 0 aliphatic carbocycles. The van der Waals surface area contributed by atoms with Crippen molar-refractivity contribution in [1.29, 1.82) is 0 Å². The number of imide groups is 1. The molecule has 8 nitrogen and oxygen atoms in total. The van der Waals surface area contributed by atoms with Gasteiger partial charge in [0.05, 0.1) is 11.3 Å². The summed E-state index contributed by atoms with van der Waals surface area (Å²) in [5.41, 5.74) is 0.136. The maximum Gasteiger partial charge on any atom is 0.340 e. The Hall–Kier alpha value is -3.46. The highest BCUT2D eigenvalue weighted by molar-refractivity contribution is 6.31. The topological polar surface area (TPSA) is 114 Å². The van der Waals surface area contributed by atoms with Crippen LogP contribution in [0.25, 0.3) is 0 Å². The summed E-state index contributed by atoms with van der Waals surface area (Å²) < 4.78 is 17.8. The van der Waals surface area contributed by atoms with Gasteiger partial charge in [0.25, 0.3) is 11.8 Å². The zero-order chi connectivity index (χ0) is 20.7. The van der Waals surface area contributed by atoms with Crippen LogP contribution in [0.3, 0.4) is 0 Å². The Morgan fingerprint density at radius 2 is 1.75 bits per heavy atom. The molecule has 3 N–H and O–H groups in total. The molecule has 0 radical (unpaired) electrons. The zero-order valence-electron chi connectivity index (χ0n) is 14.5. The van der Waals surface area contributed by atoms with Crippen LogP contribution in [-0.4, -0.2) is 37.5 Å². The van der Waals surface area contributed by atoms with Crippen LogP contribution in [0.2, 0.25) is 5.02 Å². The molecular weight excluding hydrogens is 393 g/mol. The quantitative estimate of drug-likeness (QED) is 0.658. The third-order valence-corrected chi connectivity index (χ3v) is 3.61. The van der Waals surface area contributed by atoms with Crippen LogP contribution in [0.4, 0.5) is 14.9 Å². The fraction of sp³-hybridized carbons (Fsp3) is 0.111. The molecule has 0 heterocycles. The Morgan fingerprint density at radius 3 is 2.39 bits per heavy atom. The van der Waals surface area contributed by atoms with Crippen molar-refractivity contribution in [3.8, 4) is 0 Å². The highest BCUT2D eigenvalue weighted by Crippen LogP contribution is 2.23. The number of anilines is 1. The van der Waals surface area contributed by atoms with Crippen molar-refractivity contribution in [2.24, 2.45) is 0 Å². The van der Waals surface area contributed by atoms with E-state index in [4.69, 9.17) is 16.3 Å². The van der Waals surface area contributed by atoms with Crippen molar-refractivity contribution in [2.45, 2.75) is 0 Å². The number of carbonyl (C=O) groups excluding carboxylic acids is 4. The molecule has 0 saturated carbocycles.